The van der Waals surface area contributed by atoms with Crippen LogP contribution in [0.3, 0.4) is 0 Å². The predicted molar refractivity (Wildman–Crippen MR) is 92.8 cm³/mol. The number of hydrogen-bond donors (Lipinski definition) is 1. The number of aromatic nitrogens is 2. The van der Waals surface area contributed by atoms with Gasteiger partial charge in [-0.3, -0.25) is 0 Å². The fourth-order valence-electron chi connectivity index (χ4n) is 2.41. The van der Waals surface area contributed by atoms with Gasteiger partial charge in [-0.05, 0) is 37.4 Å². The van der Waals surface area contributed by atoms with Crippen molar-refractivity contribution >= 4 is 34.5 Å². The van der Waals surface area contributed by atoms with Gasteiger partial charge in [0.1, 0.15) is 6.04 Å². The minimum atomic E-state index is 0.0259. The molecule has 120 valence electrons. The first-order valence-electron chi connectivity index (χ1n) is 7.22. The van der Waals surface area contributed by atoms with E-state index in [-0.39, 0.29) is 12.1 Å². The van der Waals surface area contributed by atoms with Crippen molar-refractivity contribution in [2.75, 3.05) is 0 Å². The quantitative estimate of drug-likeness (QED) is 0.721. The smallest absolute Gasteiger partial charge is 0.274 e. The van der Waals surface area contributed by atoms with Crippen LogP contribution in [0.2, 0.25) is 10.0 Å². The van der Waals surface area contributed by atoms with Crippen molar-refractivity contribution in [2.45, 2.75) is 25.9 Å². The first-order valence-corrected chi connectivity index (χ1v) is 8.85. The van der Waals surface area contributed by atoms with Crippen LogP contribution in [0.5, 0.6) is 0 Å². The van der Waals surface area contributed by atoms with Crippen molar-refractivity contribution in [3.8, 4) is 10.8 Å². The minimum absolute atomic E-state index is 0.0259. The van der Waals surface area contributed by atoms with Gasteiger partial charge in [0.2, 0.25) is 0 Å². The Morgan fingerprint density at radius 1 is 1.13 bits per heavy atom. The summed E-state index contributed by atoms with van der Waals surface area (Å²) in [4.78, 5) is 0.977. The van der Waals surface area contributed by atoms with Crippen LogP contribution in [-0.4, -0.2) is 10.2 Å². The zero-order valence-electron chi connectivity index (χ0n) is 12.7. The summed E-state index contributed by atoms with van der Waals surface area (Å²) < 4.78 is 5.78. The number of benzene rings is 1. The third-order valence-corrected chi connectivity index (χ3v) is 5.01. The lowest BCUT2D eigenvalue weighted by Gasteiger charge is -2.15. The van der Waals surface area contributed by atoms with Crippen molar-refractivity contribution in [1.82, 2.24) is 10.2 Å². The molecule has 0 radical (unpaired) electrons. The van der Waals surface area contributed by atoms with Crippen molar-refractivity contribution in [1.29, 1.82) is 0 Å². The third-order valence-electron chi connectivity index (χ3n) is 3.59. The van der Waals surface area contributed by atoms with Gasteiger partial charge in [-0.2, -0.15) is 0 Å². The Hall–Kier alpha value is -1.40. The van der Waals surface area contributed by atoms with E-state index in [2.05, 4.69) is 22.4 Å². The molecule has 0 unspecified atom stereocenters. The van der Waals surface area contributed by atoms with Crippen molar-refractivity contribution in [3.05, 3.63) is 57.2 Å². The van der Waals surface area contributed by atoms with Crippen molar-refractivity contribution in [2.24, 2.45) is 0 Å². The number of nitrogens with two attached hydrogens (primary N) is 1. The Bertz CT molecular complexity index is 788. The predicted octanol–water partition coefficient (Wildman–Crippen LogP) is 4.49. The highest BCUT2D eigenvalue weighted by molar-refractivity contribution is 7.13. The maximum Gasteiger partial charge on any atom is 0.274 e. The van der Waals surface area contributed by atoms with Gasteiger partial charge in [0, 0.05) is 10.6 Å². The Balaban J connectivity index is 1.72. The summed E-state index contributed by atoms with van der Waals surface area (Å²) in [5.41, 5.74) is 1.03. The fraction of sp³-hybridized carbons (Fsp3) is 0.250. The van der Waals surface area contributed by atoms with Crippen LogP contribution in [0.15, 0.2) is 40.1 Å². The first-order chi connectivity index (χ1) is 11.0. The SMILES string of the molecule is C[C@H]([NH2+][C@H](C)c1nnc(-c2cccs2)o1)c1ccc(Cl)cc1Cl. The second kappa shape index (κ2) is 7.01. The lowest BCUT2D eigenvalue weighted by Crippen LogP contribution is -2.85. The van der Waals surface area contributed by atoms with Gasteiger partial charge in [0.25, 0.3) is 11.8 Å². The molecule has 0 saturated carbocycles. The molecule has 3 rings (SSSR count). The Morgan fingerprint density at radius 2 is 1.96 bits per heavy atom. The maximum atomic E-state index is 6.27. The fourth-order valence-corrected chi connectivity index (χ4v) is 3.63. The Labute approximate surface area is 148 Å². The summed E-state index contributed by atoms with van der Waals surface area (Å²) in [5.74, 6) is 1.16. The van der Waals surface area contributed by atoms with E-state index in [0.29, 0.717) is 21.8 Å². The lowest BCUT2D eigenvalue weighted by atomic mass is 10.1. The van der Waals surface area contributed by atoms with Gasteiger partial charge >= 0.3 is 0 Å². The van der Waals surface area contributed by atoms with Gasteiger partial charge in [-0.15, -0.1) is 21.5 Å². The number of hydrogen-bond acceptors (Lipinski definition) is 4. The highest BCUT2D eigenvalue weighted by Crippen LogP contribution is 2.26. The standard InChI is InChI=1S/C16H15Cl2N3OS/c1-9(12-6-5-11(17)8-13(12)18)19-10(2)15-20-21-16(22-15)14-4-3-7-23-14/h3-10,19H,1-2H3/p+1/t9-,10+/m0/s1. The average molecular weight is 369 g/mol. The van der Waals surface area contributed by atoms with E-state index in [0.717, 1.165) is 10.4 Å². The molecule has 2 aromatic heterocycles. The molecule has 2 atom stereocenters. The molecular formula is C16H16Cl2N3OS+. The van der Waals surface area contributed by atoms with E-state index >= 15 is 0 Å². The first kappa shape index (κ1) is 16.5. The number of halogens is 2. The molecule has 0 spiro atoms. The van der Waals surface area contributed by atoms with Gasteiger partial charge in [0.15, 0.2) is 6.04 Å². The second-order valence-corrected chi connectivity index (χ2v) is 7.15. The van der Waals surface area contributed by atoms with Crippen molar-refractivity contribution < 1.29 is 9.73 Å². The van der Waals surface area contributed by atoms with Crippen LogP contribution in [0.1, 0.15) is 37.4 Å². The van der Waals surface area contributed by atoms with Gasteiger partial charge in [0.05, 0.1) is 9.90 Å². The summed E-state index contributed by atoms with van der Waals surface area (Å²) in [5, 5.41) is 13.7. The molecule has 0 aliphatic rings. The normalized spacial score (nSPS) is 13.9. The molecule has 3 aromatic rings. The zero-order valence-corrected chi connectivity index (χ0v) is 15.0. The maximum absolute atomic E-state index is 6.27. The monoisotopic (exact) mass is 368 g/mol. The molecule has 0 aliphatic carbocycles. The molecule has 23 heavy (non-hydrogen) atoms. The molecule has 0 amide bonds. The Morgan fingerprint density at radius 3 is 2.65 bits per heavy atom. The minimum Gasteiger partial charge on any atom is -0.414 e. The number of quaternary nitrogens is 1. The molecule has 2 N–H and O–H groups in total. The van der Waals surface area contributed by atoms with E-state index in [1.54, 1.807) is 17.4 Å². The number of rotatable bonds is 5. The summed E-state index contributed by atoms with van der Waals surface area (Å²) in [7, 11) is 0. The van der Waals surface area contributed by atoms with Gasteiger partial charge in [-0.25, -0.2) is 0 Å². The number of nitrogens with zero attached hydrogens (tertiary/aromatic N) is 2. The van der Waals surface area contributed by atoms with Gasteiger partial charge in [-0.1, -0.05) is 35.3 Å². The highest BCUT2D eigenvalue weighted by atomic mass is 35.5. The van der Waals surface area contributed by atoms with E-state index in [1.807, 2.05) is 36.6 Å². The lowest BCUT2D eigenvalue weighted by molar-refractivity contribution is -0.730. The Kier molecular flexibility index (Phi) is 5.02. The molecule has 2 heterocycles. The molecule has 1 aromatic carbocycles. The van der Waals surface area contributed by atoms with E-state index in [4.69, 9.17) is 27.6 Å². The molecule has 0 fully saturated rings. The highest BCUT2D eigenvalue weighted by Gasteiger charge is 2.22. The summed E-state index contributed by atoms with van der Waals surface area (Å²) in [6, 6.07) is 9.65. The van der Waals surface area contributed by atoms with E-state index in [1.165, 1.54) is 0 Å². The summed E-state index contributed by atoms with van der Waals surface area (Å²) in [6.07, 6.45) is 0. The third kappa shape index (κ3) is 3.75. The molecule has 0 aliphatic heterocycles. The average Bonchev–Trinajstić information content (AvgIpc) is 3.18. The molecule has 7 heteroatoms. The molecule has 4 nitrogen and oxygen atoms in total. The van der Waals surface area contributed by atoms with Crippen LogP contribution in [0.25, 0.3) is 10.8 Å². The topological polar surface area (TPSA) is 55.5 Å². The van der Waals surface area contributed by atoms with E-state index in [9.17, 15) is 0 Å². The van der Waals surface area contributed by atoms with Crippen molar-refractivity contribution in [3.63, 3.8) is 0 Å². The largest absolute Gasteiger partial charge is 0.414 e. The molecule has 0 bridgehead atoms. The van der Waals surface area contributed by atoms with Gasteiger partial charge < -0.3 is 9.73 Å². The number of thiophene rings is 1. The zero-order chi connectivity index (χ0) is 16.4. The molecule has 0 saturated heterocycles. The van der Waals surface area contributed by atoms with Crippen LogP contribution in [0, 0.1) is 0 Å². The summed E-state index contributed by atoms with van der Waals surface area (Å²) in [6.45, 7) is 4.12. The van der Waals surface area contributed by atoms with Crippen LogP contribution in [-0.2, 0) is 0 Å². The van der Waals surface area contributed by atoms with Crippen LogP contribution in [0.4, 0.5) is 0 Å². The summed E-state index contributed by atoms with van der Waals surface area (Å²) >= 11 is 13.8. The second-order valence-electron chi connectivity index (χ2n) is 5.36. The molecular weight excluding hydrogens is 353 g/mol. The van der Waals surface area contributed by atoms with Crippen LogP contribution < -0.4 is 5.32 Å². The van der Waals surface area contributed by atoms with E-state index < -0.39 is 0 Å². The van der Waals surface area contributed by atoms with Crippen LogP contribution >= 0.6 is 34.5 Å².